The molecule has 2 rings (SSSR count). The van der Waals surface area contributed by atoms with Gasteiger partial charge in [0.15, 0.2) is 0 Å². The van der Waals surface area contributed by atoms with Crippen LogP contribution in [0.3, 0.4) is 0 Å². The van der Waals surface area contributed by atoms with E-state index in [2.05, 4.69) is 15.2 Å². The molecule has 74 valence electrons. The summed E-state index contributed by atoms with van der Waals surface area (Å²) >= 11 is 0. The van der Waals surface area contributed by atoms with Crippen LogP contribution in [0.2, 0.25) is 0 Å². The first-order chi connectivity index (χ1) is 7.34. The van der Waals surface area contributed by atoms with Gasteiger partial charge in [-0.1, -0.05) is 0 Å². The first-order valence-electron chi connectivity index (χ1n) is 4.37. The van der Waals surface area contributed by atoms with Gasteiger partial charge in [-0.25, -0.2) is 0 Å². The minimum Gasteiger partial charge on any atom is -0.285 e. The van der Waals surface area contributed by atoms with Gasteiger partial charge in [0.2, 0.25) is 12.4 Å². The molecule has 0 aromatic carbocycles. The predicted molar refractivity (Wildman–Crippen MR) is 52.2 cm³/mol. The van der Waals surface area contributed by atoms with Crippen molar-refractivity contribution in [2.45, 2.75) is 0 Å². The molecular formula is C10H9N4O+. The lowest BCUT2D eigenvalue weighted by Crippen LogP contribution is -2.27. The Kier molecular flexibility index (Phi) is 2.64. The average Bonchev–Trinajstić information content (AvgIpc) is 2.30. The highest BCUT2D eigenvalue weighted by atomic mass is 16.5. The van der Waals surface area contributed by atoms with Crippen molar-refractivity contribution in [3.63, 3.8) is 0 Å². The van der Waals surface area contributed by atoms with Crippen molar-refractivity contribution in [1.29, 1.82) is 0 Å². The Morgan fingerprint density at radius 1 is 0.933 bits per heavy atom. The second kappa shape index (κ2) is 4.28. The fourth-order valence-corrected chi connectivity index (χ4v) is 1.00. The standard InChI is InChI=1S/C10H9N4O/c15-14-7-3-10(4-8-14)13-12-9-1-5-11-6-2-9/h1-8,15H/q+1. The SMILES string of the molecule is O[n+]1ccc(N=Nc2ccncc2)cc1. The van der Waals surface area contributed by atoms with E-state index in [1.165, 1.54) is 12.4 Å². The lowest BCUT2D eigenvalue weighted by atomic mass is 10.4. The number of hydrogen-bond donors (Lipinski definition) is 1. The molecule has 0 saturated carbocycles. The minimum absolute atomic E-state index is 0.678. The van der Waals surface area contributed by atoms with Crippen molar-refractivity contribution in [2.75, 3.05) is 0 Å². The van der Waals surface area contributed by atoms with Crippen molar-refractivity contribution in [1.82, 2.24) is 4.98 Å². The third-order valence-corrected chi connectivity index (χ3v) is 1.74. The number of azo groups is 1. The van der Waals surface area contributed by atoms with Gasteiger partial charge in [-0.3, -0.25) is 10.2 Å². The van der Waals surface area contributed by atoms with Gasteiger partial charge >= 0.3 is 0 Å². The molecule has 0 unspecified atom stereocenters. The molecule has 0 amide bonds. The summed E-state index contributed by atoms with van der Waals surface area (Å²) in [4.78, 5) is 3.87. The normalized spacial score (nSPS) is 10.7. The molecule has 5 nitrogen and oxygen atoms in total. The molecule has 15 heavy (non-hydrogen) atoms. The molecule has 5 heteroatoms. The second-order valence-corrected chi connectivity index (χ2v) is 2.84. The summed E-state index contributed by atoms with van der Waals surface area (Å²) in [5, 5.41) is 17.0. The lowest BCUT2D eigenvalue weighted by Gasteiger charge is -1.90. The molecule has 0 spiro atoms. The summed E-state index contributed by atoms with van der Waals surface area (Å²) in [5.74, 6) is 0. The first-order valence-corrected chi connectivity index (χ1v) is 4.37. The van der Waals surface area contributed by atoms with E-state index in [1.54, 1.807) is 36.7 Å². The highest BCUT2D eigenvalue weighted by Crippen LogP contribution is 2.15. The average molecular weight is 201 g/mol. The second-order valence-electron chi connectivity index (χ2n) is 2.84. The smallest absolute Gasteiger partial charge is 0.224 e. The third kappa shape index (κ3) is 2.57. The summed E-state index contributed by atoms with van der Waals surface area (Å²) in [6, 6.07) is 6.84. The summed E-state index contributed by atoms with van der Waals surface area (Å²) in [6.45, 7) is 0. The molecule has 0 radical (unpaired) electrons. The molecule has 2 aromatic heterocycles. The van der Waals surface area contributed by atoms with E-state index in [0.29, 0.717) is 5.69 Å². The van der Waals surface area contributed by atoms with Crippen LogP contribution in [-0.2, 0) is 0 Å². The van der Waals surface area contributed by atoms with Gasteiger partial charge in [-0.05, 0) is 12.1 Å². The molecular weight excluding hydrogens is 192 g/mol. The van der Waals surface area contributed by atoms with E-state index in [-0.39, 0.29) is 0 Å². The van der Waals surface area contributed by atoms with Gasteiger partial charge in [0.25, 0.3) is 0 Å². The number of aromatic nitrogens is 2. The van der Waals surface area contributed by atoms with Gasteiger partial charge in [-0.15, -0.1) is 0 Å². The van der Waals surface area contributed by atoms with Crippen LogP contribution in [0.15, 0.2) is 59.3 Å². The van der Waals surface area contributed by atoms with E-state index in [0.717, 1.165) is 10.4 Å². The molecule has 0 saturated heterocycles. The van der Waals surface area contributed by atoms with Crippen LogP contribution in [0.4, 0.5) is 11.4 Å². The number of nitrogens with zero attached hydrogens (tertiary/aromatic N) is 4. The Hall–Kier alpha value is -2.30. The fourth-order valence-electron chi connectivity index (χ4n) is 1.00. The Labute approximate surface area is 86.3 Å². The van der Waals surface area contributed by atoms with E-state index >= 15 is 0 Å². The van der Waals surface area contributed by atoms with Gasteiger partial charge < -0.3 is 0 Å². The molecule has 0 aliphatic heterocycles. The maximum absolute atomic E-state index is 8.98. The molecule has 0 aliphatic rings. The topological polar surface area (TPSA) is 61.7 Å². The summed E-state index contributed by atoms with van der Waals surface area (Å²) < 4.78 is 0.950. The van der Waals surface area contributed by atoms with E-state index in [1.807, 2.05) is 0 Å². The van der Waals surface area contributed by atoms with Crippen LogP contribution in [0, 0.1) is 0 Å². The monoisotopic (exact) mass is 201 g/mol. The van der Waals surface area contributed by atoms with Crippen LogP contribution >= 0.6 is 0 Å². The van der Waals surface area contributed by atoms with Crippen LogP contribution in [0.25, 0.3) is 0 Å². The van der Waals surface area contributed by atoms with Crippen LogP contribution in [-0.4, -0.2) is 10.2 Å². The Morgan fingerprint density at radius 3 is 2.07 bits per heavy atom. The summed E-state index contributed by atoms with van der Waals surface area (Å²) in [7, 11) is 0. The van der Waals surface area contributed by atoms with Crippen molar-refractivity contribution < 1.29 is 9.94 Å². The van der Waals surface area contributed by atoms with Crippen LogP contribution in [0.1, 0.15) is 0 Å². The molecule has 0 aliphatic carbocycles. The predicted octanol–water partition coefficient (Wildman–Crippen LogP) is 2.02. The zero-order valence-electron chi connectivity index (χ0n) is 7.85. The summed E-state index contributed by atoms with van der Waals surface area (Å²) in [6.07, 6.45) is 6.28. The van der Waals surface area contributed by atoms with E-state index < -0.39 is 0 Å². The minimum atomic E-state index is 0.678. The van der Waals surface area contributed by atoms with E-state index in [9.17, 15) is 0 Å². The first kappa shape index (κ1) is 9.26. The summed E-state index contributed by atoms with van der Waals surface area (Å²) in [5.41, 5.74) is 1.42. The maximum Gasteiger partial charge on any atom is 0.224 e. The van der Waals surface area contributed by atoms with Crippen LogP contribution < -0.4 is 4.73 Å². The number of hydrogen-bond acceptors (Lipinski definition) is 4. The number of pyridine rings is 2. The largest absolute Gasteiger partial charge is 0.285 e. The van der Waals surface area contributed by atoms with Crippen molar-refractivity contribution in [3.8, 4) is 0 Å². The highest BCUT2D eigenvalue weighted by molar-refractivity contribution is 5.36. The van der Waals surface area contributed by atoms with Crippen LogP contribution in [0.5, 0.6) is 0 Å². The lowest BCUT2D eigenvalue weighted by molar-refractivity contribution is -0.904. The Morgan fingerprint density at radius 2 is 1.47 bits per heavy atom. The van der Waals surface area contributed by atoms with Gasteiger partial charge in [0.1, 0.15) is 0 Å². The maximum atomic E-state index is 8.98. The molecule has 2 aromatic rings. The quantitative estimate of drug-likeness (QED) is 0.459. The highest BCUT2D eigenvalue weighted by Gasteiger charge is 1.95. The van der Waals surface area contributed by atoms with Crippen molar-refractivity contribution in [3.05, 3.63) is 49.1 Å². The van der Waals surface area contributed by atoms with E-state index in [4.69, 9.17) is 5.21 Å². The molecule has 0 atom stereocenters. The fraction of sp³-hybridized carbons (Fsp3) is 0. The Balaban J connectivity index is 2.15. The van der Waals surface area contributed by atoms with Gasteiger partial charge in [0, 0.05) is 29.3 Å². The zero-order valence-corrected chi connectivity index (χ0v) is 7.85. The number of rotatable bonds is 2. The van der Waals surface area contributed by atoms with Gasteiger partial charge in [0.05, 0.1) is 11.4 Å². The molecule has 0 bridgehead atoms. The third-order valence-electron chi connectivity index (χ3n) is 1.74. The van der Waals surface area contributed by atoms with Crippen molar-refractivity contribution >= 4 is 11.4 Å². The van der Waals surface area contributed by atoms with Gasteiger partial charge in [-0.2, -0.15) is 10.2 Å². The van der Waals surface area contributed by atoms with Crippen molar-refractivity contribution in [2.24, 2.45) is 10.2 Å². The molecule has 0 fully saturated rings. The molecule has 1 N–H and O–H groups in total. The Bertz CT molecular complexity index is 453. The zero-order chi connectivity index (χ0) is 10.5. The molecule has 2 heterocycles.